The summed E-state index contributed by atoms with van der Waals surface area (Å²) in [6.07, 6.45) is 0. The van der Waals surface area contributed by atoms with Crippen LogP contribution in [0.2, 0.25) is 0 Å². The van der Waals surface area contributed by atoms with Crippen molar-refractivity contribution < 1.29 is 19.1 Å². The zero-order chi connectivity index (χ0) is 19.6. The Morgan fingerprint density at radius 1 is 1.00 bits per heavy atom. The predicted molar refractivity (Wildman–Crippen MR) is 102 cm³/mol. The molecule has 0 atom stereocenters. The van der Waals surface area contributed by atoms with Crippen LogP contribution in [-0.2, 0) is 6.54 Å². The van der Waals surface area contributed by atoms with Gasteiger partial charge in [0.25, 0.3) is 0 Å². The molecular formula is C20H21N3O4. The molecule has 0 fully saturated rings. The molecule has 7 nitrogen and oxygen atoms in total. The maximum Gasteiger partial charge on any atom is 0.315 e. The number of nitrogens with one attached hydrogen (secondary N) is 2. The number of carbonyl (C=O) groups excluding carboxylic acids is 2. The van der Waals surface area contributed by atoms with Crippen molar-refractivity contribution in [2.45, 2.75) is 6.54 Å². The minimum Gasteiger partial charge on any atom is -0.493 e. The van der Waals surface area contributed by atoms with E-state index in [0.29, 0.717) is 23.6 Å². The Hall–Kier alpha value is -3.66. The van der Waals surface area contributed by atoms with Gasteiger partial charge in [0, 0.05) is 17.7 Å². The van der Waals surface area contributed by atoms with Gasteiger partial charge in [0.05, 0.1) is 20.8 Å². The van der Waals surface area contributed by atoms with Gasteiger partial charge in [0.2, 0.25) is 5.91 Å². The topological polar surface area (TPSA) is 103 Å². The van der Waals surface area contributed by atoms with Gasteiger partial charge < -0.3 is 25.8 Å². The first-order chi connectivity index (χ1) is 13.0. The van der Waals surface area contributed by atoms with Crippen molar-refractivity contribution in [1.29, 1.82) is 0 Å². The Bertz CT molecular complexity index is 867. The van der Waals surface area contributed by atoms with Crippen molar-refractivity contribution >= 4 is 11.9 Å². The molecule has 0 saturated carbocycles. The third kappa shape index (κ3) is 5.97. The summed E-state index contributed by atoms with van der Waals surface area (Å²) in [4.78, 5) is 22.8. The van der Waals surface area contributed by atoms with Gasteiger partial charge in [0.1, 0.15) is 0 Å². The van der Waals surface area contributed by atoms with E-state index in [2.05, 4.69) is 22.5 Å². The molecule has 2 aromatic carbocycles. The normalized spacial score (nSPS) is 9.56. The summed E-state index contributed by atoms with van der Waals surface area (Å²) in [5.74, 6) is 6.48. The molecule has 0 spiro atoms. The zero-order valence-electron chi connectivity index (χ0n) is 15.2. The first-order valence-corrected chi connectivity index (χ1v) is 8.15. The summed E-state index contributed by atoms with van der Waals surface area (Å²) < 4.78 is 10.4. The minimum atomic E-state index is -0.484. The highest BCUT2D eigenvalue weighted by atomic mass is 16.5. The molecule has 0 heterocycles. The largest absolute Gasteiger partial charge is 0.493 e. The molecule has 140 valence electrons. The Labute approximate surface area is 157 Å². The number of hydrogen-bond acceptors (Lipinski definition) is 4. The number of hydrogen-bond donors (Lipinski definition) is 3. The number of urea groups is 1. The van der Waals surface area contributed by atoms with E-state index in [9.17, 15) is 9.59 Å². The lowest BCUT2D eigenvalue weighted by molar-refractivity contribution is 0.1000. The Morgan fingerprint density at radius 3 is 2.33 bits per heavy atom. The van der Waals surface area contributed by atoms with Crippen molar-refractivity contribution in [3.05, 3.63) is 59.2 Å². The van der Waals surface area contributed by atoms with Gasteiger partial charge in [-0.15, -0.1) is 0 Å². The van der Waals surface area contributed by atoms with Gasteiger partial charge in [0.15, 0.2) is 11.5 Å². The summed E-state index contributed by atoms with van der Waals surface area (Å²) in [7, 11) is 3.12. The number of amides is 3. The van der Waals surface area contributed by atoms with Gasteiger partial charge in [-0.3, -0.25) is 4.79 Å². The van der Waals surface area contributed by atoms with Gasteiger partial charge in [-0.2, -0.15) is 0 Å². The SMILES string of the molecule is COc1ccc(CNC(=O)NCC#Cc2ccc(C(N)=O)cc2)cc1OC. The van der Waals surface area contributed by atoms with Crippen molar-refractivity contribution in [2.24, 2.45) is 5.73 Å². The molecule has 0 aliphatic rings. The molecule has 0 aliphatic heterocycles. The molecule has 0 radical (unpaired) electrons. The van der Waals surface area contributed by atoms with Crippen LogP contribution in [0.3, 0.4) is 0 Å². The highest BCUT2D eigenvalue weighted by molar-refractivity contribution is 5.92. The van der Waals surface area contributed by atoms with Crippen LogP contribution >= 0.6 is 0 Å². The van der Waals surface area contributed by atoms with Crippen molar-refractivity contribution in [3.63, 3.8) is 0 Å². The summed E-state index contributed by atoms with van der Waals surface area (Å²) in [5, 5.41) is 5.39. The van der Waals surface area contributed by atoms with E-state index in [1.54, 1.807) is 50.6 Å². The fourth-order valence-electron chi connectivity index (χ4n) is 2.22. The quantitative estimate of drug-likeness (QED) is 0.676. The summed E-state index contributed by atoms with van der Waals surface area (Å²) in [6, 6.07) is 11.7. The lowest BCUT2D eigenvalue weighted by Crippen LogP contribution is -2.35. The van der Waals surface area contributed by atoms with Gasteiger partial charge in [-0.05, 0) is 42.0 Å². The Balaban J connectivity index is 1.79. The number of primary amides is 1. The standard InChI is InChI=1S/C20H21N3O4/c1-26-17-10-7-15(12-18(17)27-2)13-23-20(25)22-11-3-4-14-5-8-16(9-6-14)19(21)24/h5-10,12H,11,13H2,1-2H3,(H2,21,24)(H2,22,23,25). The van der Waals surface area contributed by atoms with Crippen LogP contribution in [0.25, 0.3) is 0 Å². The second-order valence-corrected chi connectivity index (χ2v) is 5.47. The Kier molecular flexibility index (Phi) is 7.08. The van der Waals surface area contributed by atoms with E-state index in [1.807, 2.05) is 6.07 Å². The number of benzene rings is 2. The molecule has 4 N–H and O–H groups in total. The number of rotatable bonds is 6. The van der Waals surface area contributed by atoms with E-state index in [1.165, 1.54) is 0 Å². The predicted octanol–water partition coefficient (Wildman–Crippen LogP) is 1.65. The van der Waals surface area contributed by atoms with Crippen LogP contribution in [0.4, 0.5) is 4.79 Å². The third-order valence-electron chi connectivity index (χ3n) is 3.64. The maximum atomic E-state index is 11.8. The molecule has 0 aromatic heterocycles. The number of ether oxygens (including phenoxy) is 2. The summed E-state index contributed by atoms with van der Waals surface area (Å²) >= 11 is 0. The fraction of sp³-hybridized carbons (Fsp3) is 0.200. The van der Waals surface area contributed by atoms with Crippen LogP contribution in [-0.4, -0.2) is 32.7 Å². The van der Waals surface area contributed by atoms with E-state index < -0.39 is 5.91 Å². The zero-order valence-corrected chi connectivity index (χ0v) is 15.2. The van der Waals surface area contributed by atoms with E-state index in [4.69, 9.17) is 15.2 Å². The average Bonchev–Trinajstić information content (AvgIpc) is 2.69. The fourth-order valence-corrected chi connectivity index (χ4v) is 2.22. The van der Waals surface area contributed by atoms with E-state index in [-0.39, 0.29) is 12.6 Å². The molecular weight excluding hydrogens is 346 g/mol. The molecule has 2 aromatic rings. The van der Waals surface area contributed by atoms with E-state index >= 15 is 0 Å². The van der Waals surface area contributed by atoms with Crippen LogP contribution < -0.4 is 25.8 Å². The van der Waals surface area contributed by atoms with Crippen molar-refractivity contribution in [3.8, 4) is 23.3 Å². The van der Waals surface area contributed by atoms with Crippen LogP contribution in [0.5, 0.6) is 11.5 Å². The second-order valence-electron chi connectivity index (χ2n) is 5.47. The second kappa shape index (κ2) is 9.73. The van der Waals surface area contributed by atoms with Crippen molar-refractivity contribution in [2.75, 3.05) is 20.8 Å². The number of nitrogens with two attached hydrogens (primary N) is 1. The van der Waals surface area contributed by atoms with Gasteiger partial charge >= 0.3 is 6.03 Å². The molecule has 27 heavy (non-hydrogen) atoms. The first-order valence-electron chi connectivity index (χ1n) is 8.15. The third-order valence-corrected chi connectivity index (χ3v) is 3.64. The van der Waals surface area contributed by atoms with E-state index in [0.717, 1.165) is 11.1 Å². The van der Waals surface area contributed by atoms with Crippen molar-refractivity contribution in [1.82, 2.24) is 10.6 Å². The monoisotopic (exact) mass is 367 g/mol. The Morgan fingerprint density at radius 2 is 1.70 bits per heavy atom. The molecule has 7 heteroatoms. The molecule has 0 saturated heterocycles. The number of carbonyl (C=O) groups is 2. The lowest BCUT2D eigenvalue weighted by Gasteiger charge is -2.10. The van der Waals surface area contributed by atoms with Gasteiger partial charge in [-0.1, -0.05) is 17.9 Å². The molecule has 0 bridgehead atoms. The molecule has 0 unspecified atom stereocenters. The summed E-state index contributed by atoms with van der Waals surface area (Å²) in [6.45, 7) is 0.531. The summed E-state index contributed by atoms with van der Waals surface area (Å²) in [5.41, 5.74) is 7.21. The molecule has 0 aliphatic carbocycles. The van der Waals surface area contributed by atoms with Crippen LogP contribution in [0, 0.1) is 11.8 Å². The average molecular weight is 367 g/mol. The maximum absolute atomic E-state index is 11.8. The molecule has 3 amide bonds. The highest BCUT2D eigenvalue weighted by Gasteiger charge is 2.05. The minimum absolute atomic E-state index is 0.190. The van der Waals surface area contributed by atoms with Crippen LogP contribution in [0.1, 0.15) is 21.5 Å². The van der Waals surface area contributed by atoms with Crippen LogP contribution in [0.15, 0.2) is 42.5 Å². The van der Waals surface area contributed by atoms with Gasteiger partial charge in [-0.25, -0.2) is 4.79 Å². The highest BCUT2D eigenvalue weighted by Crippen LogP contribution is 2.27. The molecule has 2 rings (SSSR count). The number of methoxy groups -OCH3 is 2. The smallest absolute Gasteiger partial charge is 0.315 e. The lowest BCUT2D eigenvalue weighted by atomic mass is 10.1. The first kappa shape index (κ1) is 19.7.